The smallest absolute Gasteiger partial charge is 0.320 e. The first kappa shape index (κ1) is 17.8. The SMILES string of the molecule is CC(C)(C)c1cn(C[C@H]2OC[C@H](O)[C@H]2NC(=O)Nc2cccs2)nn1. The summed E-state index contributed by atoms with van der Waals surface area (Å²) in [6.07, 6.45) is 0.736. The Labute approximate surface area is 150 Å². The molecule has 0 aromatic carbocycles. The van der Waals surface area contributed by atoms with Crippen molar-refractivity contribution in [3.05, 3.63) is 29.4 Å². The van der Waals surface area contributed by atoms with Crippen molar-refractivity contribution in [1.29, 1.82) is 0 Å². The van der Waals surface area contributed by atoms with Crippen LogP contribution in [0.1, 0.15) is 26.5 Å². The van der Waals surface area contributed by atoms with Crippen LogP contribution in [0.2, 0.25) is 0 Å². The van der Waals surface area contributed by atoms with Crippen LogP contribution < -0.4 is 10.6 Å². The van der Waals surface area contributed by atoms with Gasteiger partial charge in [-0.2, -0.15) is 0 Å². The number of ether oxygens (including phenoxy) is 1. The Morgan fingerprint density at radius 3 is 2.96 bits per heavy atom. The van der Waals surface area contributed by atoms with E-state index < -0.39 is 12.1 Å². The Morgan fingerprint density at radius 1 is 1.52 bits per heavy atom. The number of nitrogens with one attached hydrogen (secondary N) is 2. The van der Waals surface area contributed by atoms with Crippen LogP contribution in [0.5, 0.6) is 0 Å². The molecule has 1 aliphatic rings. The minimum absolute atomic E-state index is 0.0907. The molecule has 9 heteroatoms. The molecule has 2 aromatic rings. The molecule has 1 saturated heterocycles. The molecule has 0 radical (unpaired) electrons. The normalized spacial score (nSPS) is 23.6. The van der Waals surface area contributed by atoms with Crippen molar-refractivity contribution in [1.82, 2.24) is 20.3 Å². The van der Waals surface area contributed by atoms with Gasteiger partial charge in [-0.3, -0.25) is 5.32 Å². The van der Waals surface area contributed by atoms with Crippen molar-refractivity contribution < 1.29 is 14.6 Å². The van der Waals surface area contributed by atoms with Crippen LogP contribution in [0.3, 0.4) is 0 Å². The van der Waals surface area contributed by atoms with E-state index in [1.807, 2.05) is 23.7 Å². The second-order valence-corrected chi connectivity index (χ2v) is 8.06. The lowest BCUT2D eigenvalue weighted by Gasteiger charge is -2.21. The fourth-order valence-corrected chi connectivity index (χ4v) is 3.21. The molecule has 0 unspecified atom stereocenters. The van der Waals surface area contributed by atoms with Gasteiger partial charge in [-0.1, -0.05) is 26.0 Å². The van der Waals surface area contributed by atoms with Crippen molar-refractivity contribution in [3.63, 3.8) is 0 Å². The average Bonchev–Trinajstić information content (AvgIpc) is 3.24. The third-order valence-electron chi connectivity index (χ3n) is 4.03. The van der Waals surface area contributed by atoms with Gasteiger partial charge in [0.25, 0.3) is 0 Å². The number of anilines is 1. The molecule has 0 spiro atoms. The second kappa shape index (κ2) is 7.11. The van der Waals surface area contributed by atoms with E-state index in [0.717, 1.165) is 10.7 Å². The number of aliphatic hydroxyl groups excluding tert-OH is 1. The van der Waals surface area contributed by atoms with Crippen LogP contribution >= 0.6 is 11.3 Å². The highest BCUT2D eigenvalue weighted by Crippen LogP contribution is 2.21. The number of carbonyl (C=O) groups excluding carboxylic acids is 1. The van der Waals surface area contributed by atoms with Gasteiger partial charge >= 0.3 is 6.03 Å². The summed E-state index contributed by atoms with van der Waals surface area (Å²) >= 11 is 1.43. The van der Waals surface area contributed by atoms with E-state index >= 15 is 0 Å². The number of rotatable bonds is 4. The first-order chi connectivity index (χ1) is 11.8. The van der Waals surface area contributed by atoms with E-state index in [2.05, 4.69) is 41.7 Å². The zero-order valence-electron chi connectivity index (χ0n) is 14.5. The first-order valence-electron chi connectivity index (χ1n) is 8.14. The highest BCUT2D eigenvalue weighted by atomic mass is 32.1. The summed E-state index contributed by atoms with van der Waals surface area (Å²) in [6, 6.07) is 2.79. The Bertz CT molecular complexity index is 710. The largest absolute Gasteiger partial charge is 0.388 e. The van der Waals surface area contributed by atoms with Crippen molar-refractivity contribution in [2.45, 2.75) is 51.0 Å². The van der Waals surface area contributed by atoms with Crippen molar-refractivity contribution >= 4 is 22.4 Å². The molecule has 136 valence electrons. The van der Waals surface area contributed by atoms with E-state index in [0.29, 0.717) is 6.54 Å². The molecule has 3 N–H and O–H groups in total. The van der Waals surface area contributed by atoms with Crippen LogP contribution in [-0.4, -0.2) is 51.0 Å². The van der Waals surface area contributed by atoms with Gasteiger partial charge in [-0.05, 0) is 17.5 Å². The molecule has 3 heterocycles. The topological polar surface area (TPSA) is 101 Å². The third-order valence-corrected chi connectivity index (χ3v) is 4.81. The molecule has 1 fully saturated rings. The molecule has 8 nitrogen and oxygen atoms in total. The summed E-state index contributed by atoms with van der Waals surface area (Å²) in [5.74, 6) is 0. The molecule has 3 atom stereocenters. The van der Waals surface area contributed by atoms with E-state index in [-0.39, 0.29) is 24.2 Å². The van der Waals surface area contributed by atoms with Gasteiger partial charge < -0.3 is 15.2 Å². The Kier molecular flexibility index (Phi) is 5.07. The number of urea groups is 1. The number of hydrogen-bond donors (Lipinski definition) is 3. The van der Waals surface area contributed by atoms with Gasteiger partial charge in [-0.25, -0.2) is 9.48 Å². The molecule has 2 aromatic heterocycles. The summed E-state index contributed by atoms with van der Waals surface area (Å²) in [4.78, 5) is 12.1. The molecule has 0 bridgehead atoms. The van der Waals surface area contributed by atoms with E-state index in [4.69, 9.17) is 4.74 Å². The summed E-state index contributed by atoms with van der Waals surface area (Å²) < 4.78 is 7.32. The van der Waals surface area contributed by atoms with Crippen molar-refractivity contribution in [2.24, 2.45) is 0 Å². The van der Waals surface area contributed by atoms with E-state index in [1.165, 1.54) is 11.3 Å². The Morgan fingerprint density at radius 2 is 2.32 bits per heavy atom. The van der Waals surface area contributed by atoms with Gasteiger partial charge in [-0.15, -0.1) is 16.4 Å². The number of hydrogen-bond acceptors (Lipinski definition) is 6. The lowest BCUT2D eigenvalue weighted by molar-refractivity contribution is 0.0748. The monoisotopic (exact) mass is 365 g/mol. The highest BCUT2D eigenvalue weighted by molar-refractivity contribution is 7.14. The van der Waals surface area contributed by atoms with Crippen LogP contribution in [0.4, 0.5) is 9.80 Å². The summed E-state index contributed by atoms with van der Waals surface area (Å²) in [5.41, 5.74) is 0.790. The average molecular weight is 365 g/mol. The van der Waals surface area contributed by atoms with E-state index in [1.54, 1.807) is 4.68 Å². The molecule has 3 rings (SSSR count). The maximum Gasteiger partial charge on any atom is 0.320 e. The van der Waals surface area contributed by atoms with Gasteiger partial charge in [0.05, 0.1) is 29.9 Å². The molecule has 1 aliphatic heterocycles. The van der Waals surface area contributed by atoms with Crippen LogP contribution in [0.25, 0.3) is 0 Å². The van der Waals surface area contributed by atoms with E-state index in [9.17, 15) is 9.90 Å². The number of nitrogens with zero attached hydrogens (tertiary/aromatic N) is 3. The quantitative estimate of drug-likeness (QED) is 0.764. The van der Waals surface area contributed by atoms with Crippen molar-refractivity contribution in [3.8, 4) is 0 Å². The standard InChI is InChI=1S/C16H23N5O3S/c1-16(2,3)12-8-21(20-19-12)7-11-14(10(22)9-24-11)18-15(23)17-13-5-4-6-25-13/h4-6,8,10-11,14,22H,7,9H2,1-3H3,(H2,17,18,23)/t10-,11+,14+/m0/s1. The highest BCUT2D eigenvalue weighted by Gasteiger charge is 2.38. The Balaban J connectivity index is 1.62. The maximum atomic E-state index is 12.1. The number of aromatic nitrogens is 3. The minimum atomic E-state index is -0.760. The van der Waals surface area contributed by atoms with Gasteiger partial charge in [0.2, 0.25) is 0 Å². The summed E-state index contributed by atoms with van der Waals surface area (Å²) in [7, 11) is 0. The predicted molar refractivity (Wildman–Crippen MR) is 94.7 cm³/mol. The van der Waals surface area contributed by atoms with Gasteiger partial charge in [0.1, 0.15) is 12.2 Å². The van der Waals surface area contributed by atoms with Gasteiger partial charge in [0, 0.05) is 11.6 Å². The van der Waals surface area contributed by atoms with Crippen LogP contribution in [0, 0.1) is 0 Å². The fraction of sp³-hybridized carbons (Fsp3) is 0.562. The maximum absolute atomic E-state index is 12.1. The summed E-state index contributed by atoms with van der Waals surface area (Å²) in [5, 5.41) is 26.6. The molecule has 0 aliphatic carbocycles. The van der Waals surface area contributed by atoms with Crippen LogP contribution in [0.15, 0.2) is 23.7 Å². The zero-order valence-corrected chi connectivity index (χ0v) is 15.3. The molecule has 2 amide bonds. The molecular formula is C16H23N5O3S. The summed E-state index contributed by atoms with van der Waals surface area (Å²) in [6.45, 7) is 6.78. The number of carbonyl (C=O) groups is 1. The lowest BCUT2D eigenvalue weighted by Crippen LogP contribution is -2.49. The molecular weight excluding hydrogens is 342 g/mol. The predicted octanol–water partition coefficient (Wildman–Crippen LogP) is 1.59. The third kappa shape index (κ3) is 4.36. The van der Waals surface area contributed by atoms with Crippen LogP contribution in [-0.2, 0) is 16.7 Å². The minimum Gasteiger partial charge on any atom is -0.388 e. The fourth-order valence-electron chi connectivity index (χ4n) is 2.60. The lowest BCUT2D eigenvalue weighted by atomic mass is 9.93. The number of thiophene rings is 1. The zero-order chi connectivity index (χ0) is 18.0. The van der Waals surface area contributed by atoms with Crippen molar-refractivity contribution in [2.75, 3.05) is 11.9 Å². The molecule has 25 heavy (non-hydrogen) atoms. The second-order valence-electron chi connectivity index (χ2n) is 7.12. The Hall–Kier alpha value is -1.97. The van der Waals surface area contributed by atoms with Gasteiger partial charge in [0.15, 0.2) is 0 Å². The number of amides is 2. The molecule has 0 saturated carbocycles. The number of aliphatic hydroxyl groups is 1. The first-order valence-corrected chi connectivity index (χ1v) is 9.02.